The molecule has 22 nitrogen and oxygen atoms in total. The monoisotopic (exact) mass is 1080 g/mol. The van der Waals surface area contributed by atoms with Gasteiger partial charge < -0.3 is 73.7 Å². The molecule has 5 rings (SSSR count). The van der Waals surface area contributed by atoms with E-state index in [2.05, 4.69) is 47.5 Å². The van der Waals surface area contributed by atoms with Crippen molar-refractivity contribution in [2.24, 2.45) is 5.73 Å². The van der Waals surface area contributed by atoms with Crippen molar-refractivity contribution in [1.29, 1.82) is 0 Å². The Morgan fingerprint density at radius 3 is 1.96 bits per heavy atom. The summed E-state index contributed by atoms with van der Waals surface area (Å²) in [5, 5.41) is 62.1. The summed E-state index contributed by atoms with van der Waals surface area (Å²) >= 11 is 0. The average molecular weight is 1080 g/mol. The van der Waals surface area contributed by atoms with Crippen LogP contribution in [0.4, 0.5) is 0 Å². The fourth-order valence-electron chi connectivity index (χ4n) is 7.99. The molecule has 75 heavy (non-hydrogen) atoms. The first-order valence-electron chi connectivity index (χ1n) is 24.6. The van der Waals surface area contributed by atoms with Crippen LogP contribution in [0.15, 0.2) is 91.1 Å². The van der Waals surface area contributed by atoms with Crippen LogP contribution in [0.2, 0.25) is 0 Å². The molecule has 0 aliphatic carbocycles. The summed E-state index contributed by atoms with van der Waals surface area (Å²) in [6.07, 6.45) is -0.843. The van der Waals surface area contributed by atoms with Gasteiger partial charge in [-0.05, 0) is 62.3 Å². The van der Waals surface area contributed by atoms with E-state index in [0.29, 0.717) is 11.1 Å². The van der Waals surface area contributed by atoms with Crippen molar-refractivity contribution in [2.45, 2.75) is 113 Å². The third-order valence-electron chi connectivity index (χ3n) is 12.3. The number of aliphatic hydroxyl groups is 4. The molecular formula is C51H68N10O12S2. The lowest BCUT2D eigenvalue weighted by Gasteiger charge is -2.29. The predicted molar refractivity (Wildman–Crippen MR) is 283 cm³/mol. The summed E-state index contributed by atoms with van der Waals surface area (Å²) in [6.45, 7) is 1.24. The van der Waals surface area contributed by atoms with Crippen molar-refractivity contribution in [3.63, 3.8) is 0 Å². The van der Waals surface area contributed by atoms with Crippen LogP contribution in [0.3, 0.4) is 0 Å². The smallest absolute Gasteiger partial charge is 0.245 e. The zero-order valence-corrected chi connectivity index (χ0v) is 43.3. The minimum atomic E-state index is -1.73. The van der Waals surface area contributed by atoms with Gasteiger partial charge in [0.2, 0.25) is 47.3 Å². The standard InChI is InChI=1S/C51H68N10O12S2/c1-29(64)40(25-62)58-50(72)42-28-75-74-27-41(59-45(67)35(52)21-31-13-5-3-6-14-31)49(71)56-38(22-32-15-7-4-8-16-32)47(69)57-39(23-33-24-54-36-18-10-9-17-34(33)36)48(70)55-37(19-11-12-20-53-43(66)26-63)46(68)61-44(30(2)65)51(73)60-42/h3-10,13-18,24,29-30,35,37-42,44,54,62-65H,11-12,19-23,25-28,52H2,1-2H3,(H,53,66)(H,55,70)(H,56,71)(H,57,69)(H,58,72)(H,59,67)(H,60,73)(H,61,68)/t29-,30-,35-,37+,38+,39-,40-,41+,42+,44+/m1/s1. The number of nitrogens with two attached hydrogens (primary N) is 1. The number of amides is 8. The summed E-state index contributed by atoms with van der Waals surface area (Å²) in [7, 11) is 2.01. The molecule has 2 heterocycles. The van der Waals surface area contributed by atoms with Gasteiger partial charge >= 0.3 is 0 Å². The van der Waals surface area contributed by atoms with E-state index in [4.69, 9.17) is 10.8 Å². The zero-order chi connectivity index (χ0) is 54.4. The summed E-state index contributed by atoms with van der Waals surface area (Å²) < 4.78 is 0. The van der Waals surface area contributed by atoms with E-state index in [9.17, 15) is 53.7 Å². The molecule has 1 aliphatic heterocycles. The largest absolute Gasteiger partial charge is 0.394 e. The lowest BCUT2D eigenvalue weighted by Crippen LogP contribution is -2.62. The molecule has 15 N–H and O–H groups in total. The number of aromatic nitrogens is 1. The lowest BCUT2D eigenvalue weighted by atomic mass is 10.0. The minimum absolute atomic E-state index is 0.0771. The number of para-hydroxylation sites is 1. The van der Waals surface area contributed by atoms with Gasteiger partial charge in [0.15, 0.2) is 0 Å². The van der Waals surface area contributed by atoms with E-state index >= 15 is 0 Å². The van der Waals surface area contributed by atoms with Crippen LogP contribution in [0.5, 0.6) is 0 Å². The van der Waals surface area contributed by atoms with E-state index in [-0.39, 0.29) is 56.6 Å². The summed E-state index contributed by atoms with van der Waals surface area (Å²) in [5.41, 5.74) is 9.10. The number of hydrogen-bond acceptors (Lipinski definition) is 15. The normalized spacial score (nSPS) is 22.1. The van der Waals surface area contributed by atoms with E-state index in [1.54, 1.807) is 66.9 Å². The molecule has 3 aromatic carbocycles. The SMILES string of the molecule is C[C@@H](O)[C@@H]1NC(=O)[C@H](CCCCNC(=O)CO)NC(=O)[C@@H](Cc2c[nH]c3ccccc23)NC(=O)[C@H](Cc2ccccc2)NC(=O)[C@@H](NC(=O)[C@H](N)Cc2ccccc2)CSSC[C@@H](C(=O)N[C@H](CO)[C@@H](C)O)NC1=O. The van der Waals surface area contributed by atoms with Crippen LogP contribution in [-0.2, 0) is 57.6 Å². The summed E-state index contributed by atoms with van der Waals surface area (Å²) in [6, 6.07) is 14.0. The van der Waals surface area contributed by atoms with E-state index < -0.39 is 121 Å². The molecule has 10 atom stereocenters. The van der Waals surface area contributed by atoms with Gasteiger partial charge in [0.25, 0.3) is 0 Å². The Hall–Kier alpha value is -6.54. The minimum Gasteiger partial charge on any atom is -0.394 e. The number of nitrogens with one attached hydrogen (secondary N) is 9. The van der Waals surface area contributed by atoms with Crippen LogP contribution >= 0.6 is 21.6 Å². The number of H-pyrrole nitrogens is 1. The van der Waals surface area contributed by atoms with Gasteiger partial charge in [0.05, 0.1) is 30.9 Å². The van der Waals surface area contributed by atoms with Crippen molar-refractivity contribution >= 4 is 79.7 Å². The maximum absolute atomic E-state index is 14.8. The predicted octanol–water partition coefficient (Wildman–Crippen LogP) is -1.66. The van der Waals surface area contributed by atoms with Crippen molar-refractivity contribution in [1.82, 2.24) is 47.5 Å². The Morgan fingerprint density at radius 2 is 1.31 bits per heavy atom. The molecule has 0 unspecified atom stereocenters. The fourth-order valence-corrected chi connectivity index (χ4v) is 10.3. The van der Waals surface area contributed by atoms with Gasteiger partial charge in [0.1, 0.15) is 42.9 Å². The quantitative estimate of drug-likeness (QED) is 0.0369. The van der Waals surface area contributed by atoms with Crippen LogP contribution in [-0.4, -0.2) is 164 Å². The van der Waals surface area contributed by atoms with Gasteiger partial charge in [-0.2, -0.15) is 0 Å². The molecule has 24 heteroatoms. The Balaban J connectivity index is 1.57. The highest BCUT2D eigenvalue weighted by Crippen LogP contribution is 2.24. The van der Waals surface area contributed by atoms with Crippen LogP contribution in [0.1, 0.15) is 49.8 Å². The highest BCUT2D eigenvalue weighted by atomic mass is 33.1. The second-order valence-electron chi connectivity index (χ2n) is 18.2. The Bertz CT molecular complexity index is 2540. The van der Waals surface area contributed by atoms with Crippen molar-refractivity contribution in [3.05, 3.63) is 108 Å². The molecule has 1 saturated heterocycles. The first kappa shape index (κ1) is 59.3. The fraction of sp³-hybridized carbons (Fsp3) is 0.451. The molecule has 1 aliphatic rings. The summed E-state index contributed by atoms with van der Waals surface area (Å²) in [4.78, 5) is 115. The summed E-state index contributed by atoms with van der Waals surface area (Å²) in [5.74, 6) is -7.00. The van der Waals surface area contributed by atoms with Crippen molar-refractivity contribution in [2.75, 3.05) is 31.3 Å². The zero-order valence-electron chi connectivity index (χ0n) is 41.7. The molecule has 0 saturated carbocycles. The maximum Gasteiger partial charge on any atom is 0.245 e. The van der Waals surface area contributed by atoms with Gasteiger partial charge in [-0.3, -0.25) is 38.4 Å². The molecule has 0 radical (unpaired) electrons. The average Bonchev–Trinajstić information content (AvgIpc) is 3.80. The van der Waals surface area contributed by atoms with Gasteiger partial charge in [-0.15, -0.1) is 0 Å². The first-order chi connectivity index (χ1) is 36.0. The number of benzene rings is 3. The Morgan fingerprint density at radius 1 is 0.707 bits per heavy atom. The van der Waals surface area contributed by atoms with Gasteiger partial charge in [-0.25, -0.2) is 0 Å². The van der Waals surface area contributed by atoms with Crippen LogP contribution in [0, 0.1) is 0 Å². The number of rotatable bonds is 19. The number of aromatic amines is 1. The van der Waals surface area contributed by atoms with Crippen molar-refractivity contribution in [3.8, 4) is 0 Å². The highest BCUT2D eigenvalue weighted by Gasteiger charge is 2.36. The van der Waals surface area contributed by atoms with Crippen LogP contribution in [0.25, 0.3) is 10.9 Å². The molecule has 0 bridgehead atoms. The Kier molecular flexibility index (Phi) is 23.8. The number of aliphatic hydroxyl groups excluding tert-OH is 4. The number of fused-ring (bicyclic) bond motifs is 1. The molecule has 406 valence electrons. The van der Waals surface area contributed by atoms with E-state index in [1.165, 1.54) is 13.8 Å². The lowest BCUT2D eigenvalue weighted by molar-refractivity contribution is -0.136. The second kappa shape index (κ2) is 30.1. The molecular weight excluding hydrogens is 1010 g/mol. The number of hydrogen-bond donors (Lipinski definition) is 14. The molecule has 1 fully saturated rings. The second-order valence-corrected chi connectivity index (χ2v) is 20.7. The van der Waals surface area contributed by atoms with Crippen molar-refractivity contribution < 1.29 is 58.8 Å². The molecule has 0 spiro atoms. The first-order valence-corrected chi connectivity index (χ1v) is 27.1. The van der Waals surface area contributed by atoms with Crippen LogP contribution < -0.4 is 48.3 Å². The Labute approximate surface area is 442 Å². The maximum atomic E-state index is 14.8. The topological polar surface area (TPSA) is 356 Å². The highest BCUT2D eigenvalue weighted by molar-refractivity contribution is 8.76. The number of carbonyl (C=O) groups is 8. The number of carbonyl (C=O) groups excluding carboxylic acids is 8. The molecule has 1 aromatic heterocycles. The third kappa shape index (κ3) is 18.7. The molecule has 4 aromatic rings. The van der Waals surface area contributed by atoms with E-state index in [1.807, 2.05) is 24.3 Å². The van der Waals surface area contributed by atoms with E-state index in [0.717, 1.165) is 38.1 Å². The van der Waals surface area contributed by atoms with Gasteiger partial charge in [-0.1, -0.05) is 100 Å². The van der Waals surface area contributed by atoms with Gasteiger partial charge in [0, 0.05) is 48.0 Å². The number of unbranched alkanes of at least 4 members (excludes halogenated alkanes) is 1. The molecule has 8 amide bonds. The third-order valence-corrected chi connectivity index (χ3v) is 14.7.